The maximum absolute atomic E-state index is 5.87. The van der Waals surface area contributed by atoms with Crippen molar-refractivity contribution in [3.8, 4) is 11.3 Å². The Balaban J connectivity index is 1.79. The van der Waals surface area contributed by atoms with E-state index >= 15 is 0 Å². The first-order valence-corrected chi connectivity index (χ1v) is 7.76. The van der Waals surface area contributed by atoms with Gasteiger partial charge in [-0.05, 0) is 6.07 Å². The van der Waals surface area contributed by atoms with Crippen LogP contribution < -0.4 is 5.32 Å². The van der Waals surface area contributed by atoms with E-state index in [2.05, 4.69) is 53.8 Å². The second kappa shape index (κ2) is 5.77. The van der Waals surface area contributed by atoms with Gasteiger partial charge in [0.1, 0.15) is 0 Å². The van der Waals surface area contributed by atoms with Crippen LogP contribution in [0.4, 0.5) is 0 Å². The molecule has 0 spiro atoms. The quantitative estimate of drug-likeness (QED) is 0.767. The standard InChI is InChI=1S/C16H18N2OS/c1-11(2)17-8-7-16-18-9-14(19-16)13-10-20-15-6-4-3-5-12(13)15/h3-6,9-11,17H,7-8H2,1-2H3. The summed E-state index contributed by atoms with van der Waals surface area (Å²) in [5, 5.41) is 6.75. The molecule has 0 unspecified atom stereocenters. The zero-order valence-electron chi connectivity index (χ0n) is 11.7. The molecule has 0 amide bonds. The van der Waals surface area contributed by atoms with Crippen molar-refractivity contribution in [2.24, 2.45) is 0 Å². The molecule has 3 nitrogen and oxygen atoms in total. The molecule has 4 heteroatoms. The van der Waals surface area contributed by atoms with Gasteiger partial charge in [0, 0.05) is 40.0 Å². The topological polar surface area (TPSA) is 38.1 Å². The highest BCUT2D eigenvalue weighted by Gasteiger charge is 2.11. The summed E-state index contributed by atoms with van der Waals surface area (Å²) in [6.45, 7) is 5.17. The Morgan fingerprint density at radius 3 is 3.00 bits per heavy atom. The van der Waals surface area contributed by atoms with Gasteiger partial charge in [-0.15, -0.1) is 11.3 Å². The number of benzene rings is 1. The van der Waals surface area contributed by atoms with Crippen LogP contribution in [0.25, 0.3) is 21.4 Å². The summed E-state index contributed by atoms with van der Waals surface area (Å²) in [5.41, 5.74) is 1.14. The highest BCUT2D eigenvalue weighted by molar-refractivity contribution is 7.17. The van der Waals surface area contributed by atoms with Crippen LogP contribution in [0.3, 0.4) is 0 Å². The number of nitrogens with one attached hydrogen (secondary N) is 1. The van der Waals surface area contributed by atoms with Crippen LogP contribution in [0.15, 0.2) is 40.3 Å². The second-order valence-electron chi connectivity index (χ2n) is 5.12. The monoisotopic (exact) mass is 286 g/mol. The van der Waals surface area contributed by atoms with Gasteiger partial charge in [-0.1, -0.05) is 32.0 Å². The number of thiophene rings is 1. The smallest absolute Gasteiger partial charge is 0.196 e. The summed E-state index contributed by atoms with van der Waals surface area (Å²) in [7, 11) is 0. The molecule has 0 aliphatic rings. The largest absolute Gasteiger partial charge is 0.441 e. The number of nitrogens with zero attached hydrogens (tertiary/aromatic N) is 1. The fourth-order valence-electron chi connectivity index (χ4n) is 2.19. The minimum Gasteiger partial charge on any atom is -0.441 e. The van der Waals surface area contributed by atoms with E-state index in [-0.39, 0.29) is 0 Å². The van der Waals surface area contributed by atoms with E-state index in [9.17, 15) is 0 Å². The third-order valence-electron chi connectivity index (χ3n) is 3.19. The van der Waals surface area contributed by atoms with Crippen molar-refractivity contribution in [1.82, 2.24) is 10.3 Å². The summed E-state index contributed by atoms with van der Waals surface area (Å²) in [6, 6.07) is 8.87. The highest BCUT2D eigenvalue weighted by atomic mass is 32.1. The molecular weight excluding hydrogens is 268 g/mol. The van der Waals surface area contributed by atoms with Crippen molar-refractivity contribution < 1.29 is 4.42 Å². The number of aromatic nitrogens is 1. The second-order valence-corrected chi connectivity index (χ2v) is 6.03. The number of hydrogen-bond donors (Lipinski definition) is 1. The first-order chi connectivity index (χ1) is 9.74. The Morgan fingerprint density at radius 2 is 2.15 bits per heavy atom. The molecule has 0 aliphatic heterocycles. The molecule has 0 fully saturated rings. The normalized spacial score (nSPS) is 11.6. The SMILES string of the molecule is CC(C)NCCc1ncc(-c2csc3ccccc23)o1. The average Bonchev–Trinajstić information content (AvgIpc) is 3.04. The van der Waals surface area contributed by atoms with Crippen molar-refractivity contribution in [2.75, 3.05) is 6.54 Å². The van der Waals surface area contributed by atoms with Gasteiger partial charge in [-0.3, -0.25) is 0 Å². The van der Waals surface area contributed by atoms with Gasteiger partial charge in [0.25, 0.3) is 0 Å². The number of oxazole rings is 1. The molecule has 1 aromatic carbocycles. The van der Waals surface area contributed by atoms with Gasteiger partial charge in [0.05, 0.1) is 6.20 Å². The van der Waals surface area contributed by atoms with Crippen LogP contribution in [-0.2, 0) is 6.42 Å². The lowest BCUT2D eigenvalue weighted by molar-refractivity contribution is 0.485. The maximum Gasteiger partial charge on any atom is 0.196 e. The number of rotatable bonds is 5. The first kappa shape index (κ1) is 13.3. The Kier molecular flexibility index (Phi) is 3.85. The Hall–Kier alpha value is -1.65. The van der Waals surface area contributed by atoms with Crippen molar-refractivity contribution in [3.05, 3.63) is 41.7 Å². The average molecular weight is 286 g/mol. The Morgan fingerprint density at radius 1 is 1.30 bits per heavy atom. The van der Waals surface area contributed by atoms with Crippen molar-refractivity contribution in [3.63, 3.8) is 0 Å². The molecule has 0 saturated carbocycles. The first-order valence-electron chi connectivity index (χ1n) is 6.89. The summed E-state index contributed by atoms with van der Waals surface area (Å²) in [5.74, 6) is 1.66. The zero-order valence-corrected chi connectivity index (χ0v) is 12.5. The van der Waals surface area contributed by atoms with Crippen molar-refractivity contribution in [2.45, 2.75) is 26.3 Å². The third-order valence-corrected chi connectivity index (χ3v) is 4.15. The summed E-state index contributed by atoms with van der Waals surface area (Å²) in [6.07, 6.45) is 2.65. The van der Waals surface area contributed by atoms with Crippen LogP contribution in [0.5, 0.6) is 0 Å². The van der Waals surface area contributed by atoms with Crippen LogP contribution in [-0.4, -0.2) is 17.6 Å². The van der Waals surface area contributed by atoms with E-state index in [1.165, 1.54) is 10.1 Å². The molecule has 0 atom stereocenters. The molecular formula is C16H18N2OS. The minimum absolute atomic E-state index is 0.491. The van der Waals surface area contributed by atoms with Crippen LogP contribution in [0.1, 0.15) is 19.7 Å². The summed E-state index contributed by atoms with van der Waals surface area (Å²) in [4.78, 5) is 4.37. The molecule has 0 radical (unpaired) electrons. The molecule has 0 bridgehead atoms. The predicted octanol–water partition coefficient (Wildman–Crippen LogP) is 4.10. The van der Waals surface area contributed by atoms with Gasteiger partial charge in [-0.2, -0.15) is 0 Å². The molecule has 2 aromatic heterocycles. The van der Waals surface area contributed by atoms with Crippen molar-refractivity contribution >= 4 is 21.4 Å². The fraction of sp³-hybridized carbons (Fsp3) is 0.312. The van der Waals surface area contributed by atoms with Crippen LogP contribution >= 0.6 is 11.3 Å². The van der Waals surface area contributed by atoms with E-state index in [1.807, 2.05) is 6.20 Å². The third kappa shape index (κ3) is 2.76. The zero-order chi connectivity index (χ0) is 13.9. The maximum atomic E-state index is 5.87. The van der Waals surface area contributed by atoms with E-state index in [0.29, 0.717) is 6.04 Å². The number of fused-ring (bicyclic) bond motifs is 1. The van der Waals surface area contributed by atoms with Crippen LogP contribution in [0, 0.1) is 0 Å². The predicted molar refractivity (Wildman–Crippen MR) is 84.2 cm³/mol. The molecule has 0 aliphatic carbocycles. The van der Waals surface area contributed by atoms with E-state index < -0.39 is 0 Å². The highest BCUT2D eigenvalue weighted by Crippen LogP contribution is 2.33. The molecule has 1 N–H and O–H groups in total. The molecule has 3 rings (SSSR count). The van der Waals surface area contributed by atoms with Gasteiger partial charge in [0.2, 0.25) is 0 Å². The van der Waals surface area contributed by atoms with Gasteiger partial charge in [0.15, 0.2) is 11.7 Å². The van der Waals surface area contributed by atoms with Crippen molar-refractivity contribution in [1.29, 1.82) is 0 Å². The molecule has 3 aromatic rings. The molecule has 0 saturated heterocycles. The summed E-state index contributed by atoms with van der Waals surface area (Å²) >= 11 is 1.74. The van der Waals surface area contributed by atoms with Crippen LogP contribution in [0.2, 0.25) is 0 Å². The number of hydrogen-bond acceptors (Lipinski definition) is 4. The Labute approximate surface area is 122 Å². The van der Waals surface area contributed by atoms with Gasteiger partial charge >= 0.3 is 0 Å². The lowest BCUT2D eigenvalue weighted by atomic mass is 10.1. The molecule has 2 heterocycles. The minimum atomic E-state index is 0.491. The van der Waals surface area contributed by atoms with E-state index in [0.717, 1.165) is 30.2 Å². The van der Waals surface area contributed by atoms with E-state index in [4.69, 9.17) is 4.42 Å². The fourth-order valence-corrected chi connectivity index (χ4v) is 3.14. The lowest BCUT2D eigenvalue weighted by Gasteiger charge is -2.05. The Bertz CT molecular complexity index is 699. The molecule has 20 heavy (non-hydrogen) atoms. The molecule has 104 valence electrons. The van der Waals surface area contributed by atoms with E-state index in [1.54, 1.807) is 11.3 Å². The lowest BCUT2D eigenvalue weighted by Crippen LogP contribution is -2.24. The van der Waals surface area contributed by atoms with Gasteiger partial charge < -0.3 is 9.73 Å². The summed E-state index contributed by atoms with van der Waals surface area (Å²) < 4.78 is 7.15. The van der Waals surface area contributed by atoms with Gasteiger partial charge in [-0.25, -0.2) is 4.98 Å².